The molecule has 0 saturated carbocycles. The first kappa shape index (κ1) is 20.3. The van der Waals surface area contributed by atoms with E-state index >= 15 is 0 Å². The van der Waals surface area contributed by atoms with E-state index in [0.29, 0.717) is 35.1 Å². The van der Waals surface area contributed by atoms with E-state index in [-0.39, 0.29) is 5.56 Å². The van der Waals surface area contributed by atoms with Crippen LogP contribution in [0.2, 0.25) is 0 Å². The highest BCUT2D eigenvalue weighted by molar-refractivity contribution is 8.13. The third-order valence-corrected chi connectivity index (χ3v) is 7.42. The molecule has 6 nitrogen and oxygen atoms in total. The molecule has 29 heavy (non-hydrogen) atoms. The first-order chi connectivity index (χ1) is 13.9. The van der Waals surface area contributed by atoms with Crippen molar-refractivity contribution in [1.82, 2.24) is 15.2 Å². The Morgan fingerprint density at radius 3 is 2.69 bits per heavy atom. The summed E-state index contributed by atoms with van der Waals surface area (Å²) in [7, 11) is 0. The summed E-state index contributed by atoms with van der Waals surface area (Å²) in [5.74, 6) is -0.992. The number of thiazole rings is 1. The van der Waals surface area contributed by atoms with Crippen molar-refractivity contribution in [2.24, 2.45) is 10.8 Å². The lowest BCUT2D eigenvalue weighted by molar-refractivity contribution is 0.515. The highest BCUT2D eigenvalue weighted by atomic mass is 32.2. The van der Waals surface area contributed by atoms with Crippen molar-refractivity contribution in [3.05, 3.63) is 45.5 Å². The predicted molar refractivity (Wildman–Crippen MR) is 115 cm³/mol. The van der Waals surface area contributed by atoms with Crippen molar-refractivity contribution in [1.29, 1.82) is 0 Å². The quantitative estimate of drug-likeness (QED) is 0.587. The van der Waals surface area contributed by atoms with Crippen molar-refractivity contribution in [3.8, 4) is 10.4 Å². The molecule has 0 bridgehead atoms. The molecule has 11 heteroatoms. The zero-order chi connectivity index (χ0) is 20.6. The van der Waals surface area contributed by atoms with Crippen LogP contribution in [-0.4, -0.2) is 27.3 Å². The molecule has 2 aromatic heterocycles. The van der Waals surface area contributed by atoms with Crippen molar-refractivity contribution in [2.45, 2.75) is 31.6 Å². The van der Waals surface area contributed by atoms with Crippen LogP contribution < -0.4 is 10.7 Å². The minimum Gasteiger partial charge on any atom is -0.330 e. The molecule has 0 amide bonds. The molecule has 1 aliphatic rings. The van der Waals surface area contributed by atoms with E-state index < -0.39 is 16.5 Å². The molecular weight excluding hydrogens is 434 g/mol. The van der Waals surface area contributed by atoms with Gasteiger partial charge in [0.05, 0.1) is 21.1 Å². The number of halogens is 2. The largest absolute Gasteiger partial charge is 0.330 e. The summed E-state index contributed by atoms with van der Waals surface area (Å²) < 4.78 is 28.6. The minimum absolute atomic E-state index is 0.193. The summed E-state index contributed by atoms with van der Waals surface area (Å²) in [4.78, 5) is 4.57. The van der Waals surface area contributed by atoms with Gasteiger partial charge in [-0.3, -0.25) is 0 Å². The molecule has 1 atom stereocenters. The molecule has 0 radical (unpaired) electrons. The van der Waals surface area contributed by atoms with Gasteiger partial charge in [-0.15, -0.1) is 21.5 Å². The van der Waals surface area contributed by atoms with Gasteiger partial charge in [0.15, 0.2) is 4.87 Å². The molecule has 0 spiro atoms. The van der Waals surface area contributed by atoms with Gasteiger partial charge in [-0.25, -0.2) is 18.8 Å². The molecule has 1 aromatic carbocycles. The second-order valence-corrected chi connectivity index (χ2v) is 9.95. The molecular formula is C18H18F2N6S3. The molecule has 152 valence electrons. The number of hydrogen-bond donors (Lipinski definition) is 1. The highest BCUT2D eigenvalue weighted by Crippen LogP contribution is 2.52. The van der Waals surface area contributed by atoms with Crippen LogP contribution in [-0.2, 0) is 4.87 Å². The van der Waals surface area contributed by atoms with Crippen LogP contribution in [0.15, 0.2) is 23.3 Å². The summed E-state index contributed by atoms with van der Waals surface area (Å²) in [5.41, 5.74) is 8.36. The smallest absolute Gasteiger partial charge is 0.230 e. The Hall–Kier alpha value is -1.95. The molecule has 3 aromatic rings. The fourth-order valence-electron chi connectivity index (χ4n) is 3.20. The number of benzene rings is 1. The van der Waals surface area contributed by atoms with Crippen LogP contribution >= 0.6 is 34.4 Å². The fourth-order valence-corrected chi connectivity index (χ4v) is 6.12. The highest BCUT2D eigenvalue weighted by Gasteiger charge is 2.47. The Balaban J connectivity index is 1.90. The van der Waals surface area contributed by atoms with Crippen LogP contribution in [0.3, 0.4) is 0 Å². The van der Waals surface area contributed by atoms with Gasteiger partial charge >= 0.3 is 0 Å². The number of aryl methyl sites for hydroxylation is 2. The van der Waals surface area contributed by atoms with Gasteiger partial charge in [0.25, 0.3) is 0 Å². The maximum atomic E-state index is 14.7. The SMILES string of the molecule is Cc1nnc(N2N=CSC2(CCCN)c2nc(C)sc2-c2cc(F)ccc2F)s1. The fraction of sp³-hybridized carbons (Fsp3) is 0.333. The van der Waals surface area contributed by atoms with Crippen LogP contribution in [0.4, 0.5) is 13.9 Å². The van der Waals surface area contributed by atoms with E-state index in [2.05, 4.69) is 15.3 Å². The Kier molecular flexibility index (Phi) is 5.65. The normalized spacial score (nSPS) is 18.7. The maximum Gasteiger partial charge on any atom is 0.230 e. The van der Waals surface area contributed by atoms with Gasteiger partial charge in [0.2, 0.25) is 5.13 Å². The van der Waals surface area contributed by atoms with Gasteiger partial charge in [-0.2, -0.15) is 5.10 Å². The van der Waals surface area contributed by atoms with Crippen LogP contribution in [0.1, 0.15) is 28.6 Å². The van der Waals surface area contributed by atoms with Gasteiger partial charge < -0.3 is 5.73 Å². The number of hydrazone groups is 1. The first-order valence-corrected chi connectivity index (χ1v) is 11.4. The van der Waals surface area contributed by atoms with Gasteiger partial charge in [0.1, 0.15) is 16.6 Å². The molecule has 4 rings (SSSR count). The molecule has 3 heterocycles. The lowest BCUT2D eigenvalue weighted by Gasteiger charge is -2.34. The third kappa shape index (κ3) is 3.67. The standard InChI is InChI=1S/C18H18F2N6S3/c1-10-23-16(15(28-10)13-8-12(19)4-5-14(13)20)18(6-3-7-21)26(22-9-27-18)17-25-24-11(2)29-17/h4-5,8-9H,3,6-7,21H2,1-2H3. The number of rotatable bonds is 6. The molecule has 0 aliphatic carbocycles. The van der Waals surface area contributed by atoms with Gasteiger partial charge in [0, 0.05) is 5.56 Å². The average molecular weight is 453 g/mol. The van der Waals surface area contributed by atoms with Crippen LogP contribution in [0, 0.1) is 25.5 Å². The summed E-state index contributed by atoms with van der Waals surface area (Å²) in [6.07, 6.45) is 1.31. The minimum atomic E-state index is -0.760. The van der Waals surface area contributed by atoms with E-state index in [1.54, 1.807) is 10.6 Å². The Morgan fingerprint density at radius 2 is 1.97 bits per heavy atom. The Labute approximate surface area is 178 Å². The summed E-state index contributed by atoms with van der Waals surface area (Å²) in [5, 5.41) is 16.8. The van der Waals surface area contributed by atoms with Gasteiger partial charge in [-0.05, 0) is 51.4 Å². The predicted octanol–water partition coefficient (Wildman–Crippen LogP) is 4.65. The van der Waals surface area contributed by atoms with Crippen LogP contribution in [0.25, 0.3) is 10.4 Å². The number of hydrogen-bond acceptors (Lipinski definition) is 9. The maximum absolute atomic E-state index is 14.7. The summed E-state index contributed by atoms with van der Waals surface area (Å²) in [6.45, 7) is 4.21. The molecule has 0 saturated heterocycles. The van der Waals surface area contributed by atoms with Crippen LogP contribution in [0.5, 0.6) is 0 Å². The topological polar surface area (TPSA) is 80.3 Å². The van der Waals surface area contributed by atoms with E-state index in [1.165, 1.54) is 40.5 Å². The zero-order valence-electron chi connectivity index (χ0n) is 15.7. The van der Waals surface area contributed by atoms with Crippen molar-refractivity contribution >= 4 is 45.1 Å². The average Bonchev–Trinajstić information content (AvgIpc) is 3.40. The monoisotopic (exact) mass is 452 g/mol. The first-order valence-electron chi connectivity index (χ1n) is 8.88. The molecule has 1 aliphatic heterocycles. The number of aromatic nitrogens is 3. The van der Waals surface area contributed by atoms with Crippen molar-refractivity contribution in [2.75, 3.05) is 11.6 Å². The lowest BCUT2D eigenvalue weighted by Crippen LogP contribution is -2.39. The van der Waals surface area contributed by atoms with Crippen molar-refractivity contribution in [3.63, 3.8) is 0 Å². The number of anilines is 1. The van der Waals surface area contributed by atoms with E-state index in [0.717, 1.165) is 22.1 Å². The molecule has 2 N–H and O–H groups in total. The molecule has 1 unspecified atom stereocenters. The van der Waals surface area contributed by atoms with E-state index in [9.17, 15) is 8.78 Å². The van der Waals surface area contributed by atoms with Crippen molar-refractivity contribution < 1.29 is 8.78 Å². The number of nitrogens with zero attached hydrogens (tertiary/aromatic N) is 5. The van der Waals surface area contributed by atoms with Gasteiger partial charge in [-0.1, -0.05) is 23.1 Å². The zero-order valence-corrected chi connectivity index (χ0v) is 18.2. The number of nitrogens with two attached hydrogens (primary N) is 1. The van der Waals surface area contributed by atoms with E-state index in [4.69, 9.17) is 10.7 Å². The summed E-state index contributed by atoms with van der Waals surface area (Å²) >= 11 is 4.22. The summed E-state index contributed by atoms with van der Waals surface area (Å²) in [6, 6.07) is 3.46. The molecule has 0 fully saturated rings. The Morgan fingerprint density at radius 1 is 1.14 bits per heavy atom. The second-order valence-electron chi connectivity index (χ2n) is 6.47. The number of thioether (sulfide) groups is 1. The Bertz CT molecular complexity index is 1070. The van der Waals surface area contributed by atoms with E-state index in [1.807, 2.05) is 13.8 Å². The third-order valence-electron chi connectivity index (χ3n) is 4.45. The second kappa shape index (κ2) is 8.05. The lowest BCUT2D eigenvalue weighted by atomic mass is 10.0.